The molecule has 4 radical (unpaired) electrons. The number of hydrogen-bond acceptors (Lipinski definition) is 3. The van der Waals surface area contributed by atoms with Crippen LogP contribution in [-0.2, 0) is 15.8 Å². The van der Waals surface area contributed by atoms with Gasteiger partial charge in [0.2, 0.25) is 0 Å². The fourth-order valence-electron chi connectivity index (χ4n) is 4.52. The molecule has 5 nitrogen and oxygen atoms in total. The van der Waals surface area contributed by atoms with Crippen LogP contribution in [0.3, 0.4) is 0 Å². The van der Waals surface area contributed by atoms with Gasteiger partial charge in [-0.25, -0.2) is 9.87 Å². The summed E-state index contributed by atoms with van der Waals surface area (Å²) in [7, 11) is 12.4. The van der Waals surface area contributed by atoms with E-state index in [4.69, 9.17) is 20.5 Å². The summed E-state index contributed by atoms with van der Waals surface area (Å²) in [4.78, 5) is 20.9. The lowest BCUT2D eigenvalue weighted by Crippen LogP contribution is -2.37. The number of halogens is 1. The van der Waals surface area contributed by atoms with Crippen molar-refractivity contribution in [2.45, 2.75) is 30.7 Å². The highest BCUT2D eigenvalue weighted by Gasteiger charge is 2.36. The van der Waals surface area contributed by atoms with Crippen LogP contribution in [0.5, 0.6) is 0 Å². The van der Waals surface area contributed by atoms with Gasteiger partial charge in [0.1, 0.15) is 21.5 Å². The second-order valence-electron chi connectivity index (χ2n) is 7.99. The molecule has 0 bridgehead atoms. The molecule has 2 aromatic carbocycles. The number of benzene rings is 2. The van der Waals surface area contributed by atoms with Gasteiger partial charge in [-0.2, -0.15) is 0 Å². The maximum Gasteiger partial charge on any atom is 0.275 e. The van der Waals surface area contributed by atoms with Gasteiger partial charge >= 0.3 is 0 Å². The van der Waals surface area contributed by atoms with Crippen LogP contribution in [0.1, 0.15) is 41.3 Å². The number of nitrogens with one attached hydrogen (secondary N) is 3. The molecule has 29 heavy (non-hydrogen) atoms. The average molecular weight is 385 g/mol. The maximum atomic E-state index is 15.1. The largest absolute Gasteiger partial charge is 0.354 e. The molecule has 1 atom stereocenters. The van der Waals surface area contributed by atoms with E-state index in [1.807, 2.05) is 19.1 Å². The molecule has 0 spiro atoms. The summed E-state index contributed by atoms with van der Waals surface area (Å²) in [5.74, 6) is -0.754. The first kappa shape index (κ1) is 18.5. The molecule has 3 N–H and O–H groups in total. The van der Waals surface area contributed by atoms with Gasteiger partial charge in [-0.1, -0.05) is 18.2 Å². The quantitative estimate of drug-likeness (QED) is 0.595. The predicted octanol–water partition coefficient (Wildman–Crippen LogP) is 2.69. The molecule has 0 unspecified atom stereocenters. The summed E-state index contributed by atoms with van der Waals surface area (Å²) in [5.41, 5.74) is 5.08. The SMILES string of the molecule is [B]C1([B])ONC(=O)c2cccc3[nH]c(-c4ccc([C@]5(C)CCCN5)c(F)c4)c1c23. The van der Waals surface area contributed by atoms with Gasteiger partial charge in [-0.15, -0.1) is 0 Å². The van der Waals surface area contributed by atoms with Crippen LogP contribution in [0.15, 0.2) is 36.4 Å². The van der Waals surface area contributed by atoms with Crippen LogP contribution >= 0.6 is 0 Å². The second-order valence-corrected chi connectivity index (χ2v) is 7.99. The first-order valence-electron chi connectivity index (χ1n) is 9.57. The normalized spacial score (nSPS) is 23.2. The highest BCUT2D eigenvalue weighted by atomic mass is 19.1. The van der Waals surface area contributed by atoms with E-state index < -0.39 is 11.3 Å². The molecule has 142 valence electrons. The molecule has 5 rings (SSSR count). The molecule has 1 saturated heterocycles. The first-order chi connectivity index (χ1) is 13.8. The van der Waals surface area contributed by atoms with Gasteiger partial charge in [0, 0.05) is 38.5 Å². The third kappa shape index (κ3) is 2.74. The van der Waals surface area contributed by atoms with Crippen molar-refractivity contribution < 1.29 is 14.0 Å². The highest BCUT2D eigenvalue weighted by molar-refractivity contribution is 6.40. The van der Waals surface area contributed by atoms with Crippen molar-refractivity contribution in [2.24, 2.45) is 0 Å². The molecule has 0 aliphatic carbocycles. The zero-order chi connectivity index (χ0) is 20.4. The average Bonchev–Trinajstić information content (AvgIpc) is 3.28. The lowest BCUT2D eigenvalue weighted by molar-refractivity contribution is -0.000557. The third-order valence-corrected chi connectivity index (χ3v) is 5.99. The fraction of sp³-hybridized carbons (Fsp3) is 0.286. The van der Waals surface area contributed by atoms with Gasteiger partial charge in [-0.3, -0.25) is 9.63 Å². The summed E-state index contributed by atoms with van der Waals surface area (Å²) < 4.78 is 15.1. The second kappa shape index (κ2) is 6.21. The molecule has 1 amide bonds. The van der Waals surface area contributed by atoms with Crippen LogP contribution in [-0.4, -0.2) is 33.1 Å². The molecule has 1 aromatic heterocycles. The Hall–Kier alpha value is -2.57. The Labute approximate surface area is 170 Å². The monoisotopic (exact) mass is 385 g/mol. The van der Waals surface area contributed by atoms with Crippen molar-refractivity contribution in [1.29, 1.82) is 0 Å². The predicted molar refractivity (Wildman–Crippen MR) is 110 cm³/mol. The zero-order valence-electron chi connectivity index (χ0n) is 15.9. The van der Waals surface area contributed by atoms with Crippen LogP contribution in [0.2, 0.25) is 0 Å². The highest BCUT2D eigenvalue weighted by Crippen LogP contribution is 2.41. The Bertz CT molecular complexity index is 1150. The minimum Gasteiger partial charge on any atom is -0.354 e. The number of aromatic nitrogens is 1. The lowest BCUT2D eigenvalue weighted by atomic mass is 9.60. The van der Waals surface area contributed by atoms with Gasteiger partial charge in [0.25, 0.3) is 5.91 Å². The van der Waals surface area contributed by atoms with Crippen molar-refractivity contribution >= 4 is 32.5 Å². The zero-order valence-corrected chi connectivity index (χ0v) is 15.9. The van der Waals surface area contributed by atoms with Crippen LogP contribution in [0.25, 0.3) is 22.2 Å². The summed E-state index contributed by atoms with van der Waals surface area (Å²) in [6.45, 7) is 2.88. The van der Waals surface area contributed by atoms with E-state index in [2.05, 4.69) is 15.8 Å². The number of hydrogen-bond donors (Lipinski definition) is 3. The lowest BCUT2D eigenvalue weighted by Gasteiger charge is -2.27. The van der Waals surface area contributed by atoms with E-state index in [1.165, 1.54) is 6.07 Å². The van der Waals surface area contributed by atoms with Gasteiger partial charge in [0.05, 0.1) is 11.3 Å². The Kier molecular flexibility index (Phi) is 3.95. The van der Waals surface area contributed by atoms with E-state index >= 15 is 4.39 Å². The number of carbonyl (C=O) groups is 1. The topological polar surface area (TPSA) is 66.1 Å². The molecule has 8 heteroatoms. The molecule has 2 aliphatic rings. The van der Waals surface area contributed by atoms with Crippen LogP contribution in [0.4, 0.5) is 4.39 Å². The summed E-state index contributed by atoms with van der Waals surface area (Å²) >= 11 is 0. The number of aromatic amines is 1. The first-order valence-corrected chi connectivity index (χ1v) is 9.57. The van der Waals surface area contributed by atoms with Crippen LogP contribution in [0, 0.1) is 5.82 Å². The van der Waals surface area contributed by atoms with E-state index in [0.29, 0.717) is 38.9 Å². The molecule has 3 heterocycles. The third-order valence-electron chi connectivity index (χ3n) is 5.99. The molecular weight excluding hydrogens is 367 g/mol. The van der Waals surface area contributed by atoms with Gasteiger partial charge in [0.15, 0.2) is 0 Å². The van der Waals surface area contributed by atoms with Crippen molar-refractivity contribution in [1.82, 2.24) is 15.8 Å². The summed E-state index contributed by atoms with van der Waals surface area (Å²) in [6.07, 6.45) is 1.88. The molecule has 2 aliphatic heterocycles. The Morgan fingerprint density at radius 2 is 2.03 bits per heavy atom. The minimum atomic E-state index is -1.79. The molecular formula is C21H18B2FN3O2. The standard InChI is InChI=1S/C21H18B2FN3O2/c1-20(8-3-9-25-20)13-7-6-11(10-14(13)24)18-17-16-12(4-2-5-15(16)26-18)19(28)27-29-21(17,22)23/h2,4-7,10,25-26H,3,8-9H2,1H3,(H,27,28)/t20-/m0/s1. The van der Waals surface area contributed by atoms with E-state index in [9.17, 15) is 4.79 Å². The van der Waals surface area contributed by atoms with Gasteiger partial charge < -0.3 is 10.3 Å². The summed E-state index contributed by atoms with van der Waals surface area (Å²) in [6, 6.07) is 10.3. The van der Waals surface area contributed by atoms with Crippen molar-refractivity contribution in [2.75, 3.05) is 6.54 Å². The van der Waals surface area contributed by atoms with E-state index in [1.54, 1.807) is 18.2 Å². The van der Waals surface area contributed by atoms with E-state index in [-0.39, 0.29) is 11.4 Å². The Balaban J connectivity index is 1.72. The van der Waals surface area contributed by atoms with Crippen molar-refractivity contribution in [3.63, 3.8) is 0 Å². The van der Waals surface area contributed by atoms with Crippen LogP contribution < -0.4 is 10.8 Å². The Morgan fingerprint density at radius 1 is 1.21 bits per heavy atom. The van der Waals surface area contributed by atoms with Gasteiger partial charge in [-0.05, 0) is 44.5 Å². The Morgan fingerprint density at radius 3 is 2.76 bits per heavy atom. The van der Waals surface area contributed by atoms with Crippen molar-refractivity contribution in [3.8, 4) is 11.3 Å². The number of rotatable bonds is 2. The number of carbonyl (C=O) groups excluding carboxylic acids is 1. The number of amides is 1. The fourth-order valence-corrected chi connectivity index (χ4v) is 4.52. The molecule has 1 fully saturated rings. The van der Waals surface area contributed by atoms with E-state index in [0.717, 1.165) is 19.4 Å². The molecule has 0 saturated carbocycles. The molecule has 3 aromatic rings. The smallest absolute Gasteiger partial charge is 0.275 e. The minimum absolute atomic E-state index is 0.311. The maximum absolute atomic E-state index is 15.1. The number of hydroxylamine groups is 1. The van der Waals surface area contributed by atoms with Crippen molar-refractivity contribution in [3.05, 3.63) is 58.9 Å². The number of H-pyrrole nitrogens is 1. The summed E-state index contributed by atoms with van der Waals surface area (Å²) in [5, 5.41) is 2.16.